The Morgan fingerprint density at radius 2 is 2.38 bits per heavy atom. The van der Waals surface area contributed by atoms with Crippen LogP contribution in [-0.2, 0) is 11.9 Å². The fourth-order valence-corrected chi connectivity index (χ4v) is 2.39. The summed E-state index contributed by atoms with van der Waals surface area (Å²) >= 11 is 3.40. The van der Waals surface area contributed by atoms with E-state index in [1.807, 2.05) is 18.2 Å². The maximum atomic E-state index is 11.7. The van der Waals surface area contributed by atoms with Gasteiger partial charge in [-0.25, -0.2) is 4.79 Å². The summed E-state index contributed by atoms with van der Waals surface area (Å²) in [5.74, 6) is 0.899. The summed E-state index contributed by atoms with van der Waals surface area (Å²) in [7, 11) is 0. The first kappa shape index (κ1) is 9.84. The number of rotatable bonds is 1. The number of benzene rings is 1. The minimum atomic E-state index is -0.167. The van der Waals surface area contributed by atoms with Crippen molar-refractivity contribution in [1.82, 2.24) is 9.55 Å². The second kappa shape index (κ2) is 3.59. The van der Waals surface area contributed by atoms with Crippen LogP contribution in [0.25, 0.3) is 10.9 Å². The summed E-state index contributed by atoms with van der Waals surface area (Å²) in [6, 6.07) is 6.01. The van der Waals surface area contributed by atoms with E-state index < -0.39 is 0 Å². The Morgan fingerprint density at radius 3 is 3.19 bits per heavy atom. The normalized spacial score (nSPS) is 13.8. The minimum Gasteiger partial charge on any atom is -0.369 e. The van der Waals surface area contributed by atoms with E-state index in [0.29, 0.717) is 6.54 Å². The quantitative estimate of drug-likeness (QED) is 0.809. The van der Waals surface area contributed by atoms with Crippen LogP contribution in [0.1, 0.15) is 5.56 Å². The highest BCUT2D eigenvalue weighted by Gasteiger charge is 2.15. The van der Waals surface area contributed by atoms with Crippen LogP contribution >= 0.6 is 15.9 Å². The van der Waals surface area contributed by atoms with Crippen LogP contribution in [0.3, 0.4) is 0 Å². The average molecular weight is 280 g/mol. The van der Waals surface area contributed by atoms with E-state index in [1.165, 1.54) is 0 Å². The van der Waals surface area contributed by atoms with Crippen molar-refractivity contribution in [2.24, 2.45) is 0 Å². The fraction of sp³-hybridized carbons (Fsp3) is 0.273. The zero-order valence-corrected chi connectivity index (χ0v) is 10.1. The van der Waals surface area contributed by atoms with Crippen molar-refractivity contribution in [2.45, 2.75) is 11.9 Å². The Labute approximate surface area is 100 Å². The molecule has 0 aliphatic carbocycles. The fourth-order valence-electron chi connectivity index (χ4n) is 2.04. The van der Waals surface area contributed by atoms with Gasteiger partial charge in [-0.3, -0.25) is 4.57 Å². The molecule has 1 aliphatic heterocycles. The van der Waals surface area contributed by atoms with Gasteiger partial charge in [0.1, 0.15) is 5.82 Å². The van der Waals surface area contributed by atoms with E-state index >= 15 is 0 Å². The van der Waals surface area contributed by atoms with Crippen LogP contribution in [0.2, 0.25) is 0 Å². The molecule has 1 aliphatic rings. The maximum absolute atomic E-state index is 11.7. The van der Waals surface area contributed by atoms with Gasteiger partial charge >= 0.3 is 5.69 Å². The number of aromatic nitrogens is 2. The molecule has 2 heterocycles. The second-order valence-electron chi connectivity index (χ2n) is 3.81. The molecule has 1 aromatic carbocycles. The van der Waals surface area contributed by atoms with E-state index in [0.717, 1.165) is 34.2 Å². The molecule has 0 atom stereocenters. The van der Waals surface area contributed by atoms with Crippen molar-refractivity contribution < 1.29 is 0 Å². The number of halogens is 1. The number of nitrogens with one attached hydrogen (secondary N) is 1. The summed E-state index contributed by atoms with van der Waals surface area (Å²) in [5, 5.41) is 5.02. The number of anilines is 1. The Morgan fingerprint density at radius 1 is 1.50 bits per heavy atom. The molecule has 82 valence electrons. The Balaban J connectivity index is 2.38. The maximum Gasteiger partial charge on any atom is 0.349 e. The van der Waals surface area contributed by atoms with Crippen molar-refractivity contribution >= 4 is 32.7 Å². The molecule has 1 aromatic heterocycles. The Kier molecular flexibility index (Phi) is 2.21. The van der Waals surface area contributed by atoms with E-state index in [2.05, 4.69) is 26.2 Å². The molecule has 0 unspecified atom stereocenters. The predicted octanol–water partition coefficient (Wildman–Crippen LogP) is 1.72. The van der Waals surface area contributed by atoms with Crippen LogP contribution < -0.4 is 11.0 Å². The molecule has 0 fully saturated rings. The predicted molar refractivity (Wildman–Crippen MR) is 67.1 cm³/mol. The zero-order chi connectivity index (χ0) is 11.1. The number of hydrogen-bond donors (Lipinski definition) is 1. The lowest BCUT2D eigenvalue weighted by Crippen LogP contribution is -2.20. The van der Waals surface area contributed by atoms with Crippen LogP contribution in [0.5, 0.6) is 0 Å². The first-order valence-electron chi connectivity index (χ1n) is 5.13. The van der Waals surface area contributed by atoms with Crippen molar-refractivity contribution in [3.63, 3.8) is 0 Å². The molecule has 0 saturated heterocycles. The molecule has 16 heavy (non-hydrogen) atoms. The van der Waals surface area contributed by atoms with Crippen LogP contribution in [0.15, 0.2) is 23.0 Å². The lowest BCUT2D eigenvalue weighted by molar-refractivity contribution is 0.750. The summed E-state index contributed by atoms with van der Waals surface area (Å²) in [6.07, 6.45) is 0. The molecule has 4 nitrogen and oxygen atoms in total. The third-order valence-corrected chi connectivity index (χ3v) is 3.46. The molecule has 0 amide bonds. The third kappa shape index (κ3) is 1.35. The van der Waals surface area contributed by atoms with Crippen LogP contribution in [-0.4, -0.2) is 16.1 Å². The van der Waals surface area contributed by atoms with Crippen molar-refractivity contribution in [3.8, 4) is 0 Å². The van der Waals surface area contributed by atoms with Crippen LogP contribution in [0.4, 0.5) is 5.82 Å². The standard InChI is InChI=1S/C11H10BrN3O/c12-6-7-1-2-8-9(5-7)14-11(16)15-4-3-13-10(8)15/h1-2,5,13H,3-4,6H2. The average Bonchev–Trinajstić information content (AvgIpc) is 2.78. The number of hydrogen-bond acceptors (Lipinski definition) is 3. The molecule has 0 spiro atoms. The molecule has 2 aromatic rings. The highest BCUT2D eigenvalue weighted by Crippen LogP contribution is 2.24. The Hall–Kier alpha value is -1.36. The number of alkyl halides is 1. The van der Waals surface area contributed by atoms with Crippen molar-refractivity contribution in [3.05, 3.63) is 34.2 Å². The van der Waals surface area contributed by atoms with Gasteiger partial charge in [-0.2, -0.15) is 4.98 Å². The van der Waals surface area contributed by atoms with Gasteiger partial charge < -0.3 is 5.32 Å². The summed E-state index contributed by atoms with van der Waals surface area (Å²) in [4.78, 5) is 15.8. The molecular formula is C11H10BrN3O. The van der Waals surface area contributed by atoms with Gasteiger partial charge in [0.05, 0.1) is 5.52 Å². The number of fused-ring (bicyclic) bond motifs is 3. The van der Waals surface area contributed by atoms with Gasteiger partial charge in [0.2, 0.25) is 0 Å². The summed E-state index contributed by atoms with van der Waals surface area (Å²) in [5.41, 5.74) is 1.73. The smallest absolute Gasteiger partial charge is 0.349 e. The lowest BCUT2D eigenvalue weighted by Gasteiger charge is -2.06. The molecule has 0 saturated carbocycles. The van der Waals surface area contributed by atoms with Gasteiger partial charge in [-0.1, -0.05) is 22.0 Å². The highest BCUT2D eigenvalue weighted by molar-refractivity contribution is 9.08. The summed E-state index contributed by atoms with van der Waals surface area (Å²) < 4.78 is 1.69. The first-order chi connectivity index (χ1) is 7.79. The largest absolute Gasteiger partial charge is 0.369 e. The minimum absolute atomic E-state index is 0.167. The topological polar surface area (TPSA) is 46.9 Å². The summed E-state index contributed by atoms with van der Waals surface area (Å²) in [6.45, 7) is 1.51. The van der Waals surface area contributed by atoms with Gasteiger partial charge in [0.25, 0.3) is 0 Å². The van der Waals surface area contributed by atoms with Gasteiger partial charge in [0, 0.05) is 23.8 Å². The molecule has 1 N–H and O–H groups in total. The zero-order valence-electron chi connectivity index (χ0n) is 8.53. The van der Waals surface area contributed by atoms with Crippen molar-refractivity contribution in [2.75, 3.05) is 11.9 Å². The third-order valence-electron chi connectivity index (χ3n) is 2.82. The monoisotopic (exact) mass is 279 g/mol. The van der Waals surface area contributed by atoms with Crippen molar-refractivity contribution in [1.29, 1.82) is 0 Å². The van der Waals surface area contributed by atoms with E-state index in [-0.39, 0.29) is 5.69 Å². The lowest BCUT2D eigenvalue weighted by atomic mass is 10.1. The molecule has 3 rings (SSSR count). The molecular weight excluding hydrogens is 270 g/mol. The second-order valence-corrected chi connectivity index (χ2v) is 4.37. The van der Waals surface area contributed by atoms with Gasteiger partial charge in [-0.15, -0.1) is 0 Å². The number of nitrogens with zero attached hydrogens (tertiary/aromatic N) is 2. The van der Waals surface area contributed by atoms with Gasteiger partial charge in [-0.05, 0) is 17.7 Å². The van der Waals surface area contributed by atoms with Crippen LogP contribution in [0, 0.1) is 0 Å². The molecule has 5 heteroatoms. The van der Waals surface area contributed by atoms with E-state index in [1.54, 1.807) is 4.57 Å². The highest BCUT2D eigenvalue weighted by atomic mass is 79.9. The first-order valence-corrected chi connectivity index (χ1v) is 6.25. The molecule has 0 bridgehead atoms. The van der Waals surface area contributed by atoms with Gasteiger partial charge in [0.15, 0.2) is 0 Å². The van der Waals surface area contributed by atoms with E-state index in [9.17, 15) is 4.79 Å². The van der Waals surface area contributed by atoms with E-state index in [4.69, 9.17) is 0 Å². The molecule has 0 radical (unpaired) electrons. The Bertz CT molecular complexity index is 620. The SMILES string of the molecule is O=c1nc2cc(CBr)ccc2c2n1CCN2.